The van der Waals surface area contributed by atoms with Gasteiger partial charge in [0.25, 0.3) is 11.8 Å². The highest BCUT2D eigenvalue weighted by Gasteiger charge is 2.32. The van der Waals surface area contributed by atoms with Crippen molar-refractivity contribution >= 4 is 52.1 Å². The van der Waals surface area contributed by atoms with Crippen LogP contribution in [0.25, 0.3) is 0 Å². The van der Waals surface area contributed by atoms with Gasteiger partial charge in [0.05, 0.1) is 24.3 Å². The van der Waals surface area contributed by atoms with Crippen molar-refractivity contribution in [1.82, 2.24) is 10.6 Å². The first-order valence-electron chi connectivity index (χ1n) is 12.5. The zero-order valence-corrected chi connectivity index (χ0v) is 24.2. The van der Waals surface area contributed by atoms with Gasteiger partial charge in [-0.25, -0.2) is 0 Å². The van der Waals surface area contributed by atoms with E-state index in [0.717, 1.165) is 17.7 Å². The average Bonchev–Trinajstić information content (AvgIpc) is 2.93. The van der Waals surface area contributed by atoms with Gasteiger partial charge in [-0.2, -0.15) is 13.2 Å². The van der Waals surface area contributed by atoms with E-state index in [4.69, 9.17) is 33.3 Å². The van der Waals surface area contributed by atoms with E-state index in [1.807, 2.05) is 6.92 Å². The number of halogens is 4. The number of alkyl halides is 3. The normalized spacial score (nSPS) is 14.9. The number of methoxy groups -OCH3 is 1. The van der Waals surface area contributed by atoms with E-state index in [2.05, 4.69) is 21.3 Å². The van der Waals surface area contributed by atoms with Crippen LogP contribution in [0.3, 0.4) is 0 Å². The van der Waals surface area contributed by atoms with Crippen molar-refractivity contribution in [1.29, 1.82) is 0 Å². The Morgan fingerprint density at radius 2 is 1.74 bits per heavy atom. The van der Waals surface area contributed by atoms with Gasteiger partial charge in [0.15, 0.2) is 23.2 Å². The summed E-state index contributed by atoms with van der Waals surface area (Å²) in [6, 6.07) is 13.7. The fraction of sp³-hybridized carbons (Fsp3) is 0.207. The molecule has 0 aliphatic carbocycles. The number of rotatable bonds is 8. The molecule has 1 unspecified atom stereocenters. The number of nitrogens with one attached hydrogen (secondary N) is 4. The summed E-state index contributed by atoms with van der Waals surface area (Å²) in [7, 11) is 1.41. The number of benzene rings is 3. The van der Waals surface area contributed by atoms with Crippen molar-refractivity contribution in [2.75, 3.05) is 24.4 Å². The third-order valence-corrected chi connectivity index (χ3v) is 6.92. The monoisotopic (exact) mass is 618 g/mol. The molecule has 3 aromatic carbocycles. The van der Waals surface area contributed by atoms with Crippen molar-refractivity contribution in [3.63, 3.8) is 0 Å². The molecule has 0 aromatic heterocycles. The van der Waals surface area contributed by atoms with Gasteiger partial charge in [-0.15, -0.1) is 0 Å². The number of hydrogen-bond donors (Lipinski definition) is 4. The predicted molar refractivity (Wildman–Crippen MR) is 158 cm³/mol. The summed E-state index contributed by atoms with van der Waals surface area (Å²) in [5.41, 5.74) is 2.02. The van der Waals surface area contributed by atoms with Crippen LogP contribution in [0, 0.1) is 6.92 Å². The Kier molecular flexibility index (Phi) is 9.27. The first-order chi connectivity index (χ1) is 19.8. The van der Waals surface area contributed by atoms with Gasteiger partial charge in [-0.1, -0.05) is 29.8 Å². The Balaban J connectivity index is 1.50. The van der Waals surface area contributed by atoms with Crippen LogP contribution in [-0.2, 0) is 15.8 Å². The fourth-order valence-electron chi connectivity index (χ4n) is 4.21. The van der Waals surface area contributed by atoms with Gasteiger partial charge in [-0.05, 0) is 79.7 Å². The summed E-state index contributed by atoms with van der Waals surface area (Å²) in [6.45, 7) is 3.10. The van der Waals surface area contributed by atoms with Crippen molar-refractivity contribution in [3.8, 4) is 11.5 Å². The smallest absolute Gasteiger partial charge is 0.416 e. The molecule has 0 bridgehead atoms. The molecular weight excluding hydrogens is 593 g/mol. The van der Waals surface area contributed by atoms with E-state index in [9.17, 15) is 22.8 Å². The molecule has 8 nitrogen and oxygen atoms in total. The zero-order chi connectivity index (χ0) is 30.6. The van der Waals surface area contributed by atoms with E-state index >= 15 is 0 Å². The second-order valence-corrected chi connectivity index (χ2v) is 10.1. The first-order valence-corrected chi connectivity index (χ1v) is 13.3. The maximum Gasteiger partial charge on any atom is 0.416 e. The molecule has 1 atom stereocenters. The van der Waals surface area contributed by atoms with Crippen LogP contribution < -0.4 is 30.7 Å². The van der Waals surface area contributed by atoms with Gasteiger partial charge in [0.2, 0.25) is 0 Å². The second kappa shape index (κ2) is 12.7. The number of amides is 2. The van der Waals surface area contributed by atoms with Crippen LogP contribution in [0.4, 0.5) is 24.5 Å². The molecule has 0 saturated carbocycles. The quantitative estimate of drug-likeness (QED) is 0.226. The van der Waals surface area contributed by atoms with Gasteiger partial charge in [0, 0.05) is 22.1 Å². The summed E-state index contributed by atoms with van der Waals surface area (Å²) < 4.78 is 50.0. The van der Waals surface area contributed by atoms with Crippen molar-refractivity contribution in [2.45, 2.75) is 26.1 Å². The first kappa shape index (κ1) is 30.7. The van der Waals surface area contributed by atoms with Gasteiger partial charge in [-0.3, -0.25) is 9.59 Å². The molecule has 0 spiro atoms. The molecule has 3 aromatic rings. The number of hydrogen-bond acceptors (Lipinski definition) is 5. The summed E-state index contributed by atoms with van der Waals surface area (Å²) in [6.07, 6.45) is -4.54. The summed E-state index contributed by atoms with van der Waals surface area (Å²) in [4.78, 5) is 25.8. The van der Waals surface area contributed by atoms with E-state index < -0.39 is 30.3 Å². The number of carbonyl (C=O) groups excluding carboxylic acids is 2. The molecule has 1 heterocycles. The van der Waals surface area contributed by atoms with Crippen LogP contribution in [-0.4, -0.2) is 30.6 Å². The van der Waals surface area contributed by atoms with Gasteiger partial charge < -0.3 is 30.7 Å². The third kappa shape index (κ3) is 7.31. The minimum Gasteiger partial charge on any atom is -0.493 e. The molecule has 13 heteroatoms. The van der Waals surface area contributed by atoms with Crippen molar-refractivity contribution in [2.24, 2.45) is 0 Å². The lowest BCUT2D eigenvalue weighted by molar-refractivity contribution is -0.137. The van der Waals surface area contributed by atoms with Crippen LogP contribution in [0.15, 0.2) is 71.9 Å². The number of allylic oxidation sites excluding steroid dienone is 1. The van der Waals surface area contributed by atoms with Crippen LogP contribution in [0.2, 0.25) is 5.02 Å². The maximum absolute atomic E-state index is 13.4. The number of carbonyl (C=O) groups is 2. The van der Waals surface area contributed by atoms with Gasteiger partial charge in [0.1, 0.15) is 0 Å². The molecular formula is C29H26ClF3N4O4S. The summed E-state index contributed by atoms with van der Waals surface area (Å²) >= 11 is 11.5. The highest BCUT2D eigenvalue weighted by Crippen LogP contribution is 2.35. The molecule has 0 radical (unpaired) electrons. The van der Waals surface area contributed by atoms with E-state index in [0.29, 0.717) is 32.7 Å². The molecule has 1 aliphatic rings. The zero-order valence-electron chi connectivity index (χ0n) is 22.6. The molecule has 2 amide bonds. The average molecular weight is 619 g/mol. The van der Waals surface area contributed by atoms with Crippen molar-refractivity contribution < 1.29 is 32.2 Å². The Morgan fingerprint density at radius 3 is 2.43 bits per heavy atom. The lowest BCUT2D eigenvalue weighted by atomic mass is 9.94. The number of thiocarbonyl (C=S) groups is 1. The lowest BCUT2D eigenvalue weighted by Crippen LogP contribution is -2.45. The Labute approximate surface area is 250 Å². The number of anilines is 2. The van der Waals surface area contributed by atoms with Crippen LogP contribution >= 0.6 is 23.8 Å². The fourth-order valence-corrected chi connectivity index (χ4v) is 4.66. The van der Waals surface area contributed by atoms with Crippen LogP contribution in [0.1, 0.15) is 29.7 Å². The van der Waals surface area contributed by atoms with E-state index in [1.54, 1.807) is 43.3 Å². The minimum absolute atomic E-state index is 0.0189. The molecule has 4 N–H and O–H groups in total. The maximum atomic E-state index is 13.4. The Morgan fingerprint density at radius 1 is 1.00 bits per heavy atom. The molecule has 42 heavy (non-hydrogen) atoms. The topological polar surface area (TPSA) is 101 Å². The number of ether oxygens (including phenoxy) is 2. The molecule has 0 saturated heterocycles. The van der Waals surface area contributed by atoms with E-state index in [1.165, 1.54) is 19.2 Å². The SMILES string of the molecule is COc1cc(C2NC(=S)NC(C)=C2C(=O)Nc2ccc(C)c(Cl)c2)ccc1OCC(=O)Nc1cccc(C(F)(F)F)c1. The Bertz CT molecular complexity index is 1580. The summed E-state index contributed by atoms with van der Waals surface area (Å²) in [5, 5.41) is 12.1. The molecule has 0 fully saturated rings. The standard InChI is InChI=1S/C29H26ClF3N4O4S/c1-15-7-9-20(13-21(15)30)36-27(39)25-16(2)34-28(42)37-26(25)17-8-10-22(23(11-17)40-3)41-14-24(38)35-19-6-4-5-18(12-19)29(31,32)33/h4-13,26H,14H2,1-3H3,(H,35,38)(H,36,39)(H2,34,37,42). The van der Waals surface area contributed by atoms with Crippen molar-refractivity contribution in [3.05, 3.63) is 93.6 Å². The van der Waals surface area contributed by atoms with Crippen LogP contribution in [0.5, 0.6) is 11.5 Å². The minimum atomic E-state index is -4.54. The van der Waals surface area contributed by atoms with Gasteiger partial charge >= 0.3 is 6.18 Å². The highest BCUT2D eigenvalue weighted by atomic mass is 35.5. The Hall–Kier alpha value is -4.29. The predicted octanol–water partition coefficient (Wildman–Crippen LogP) is 6.12. The summed E-state index contributed by atoms with van der Waals surface area (Å²) in [5.74, 6) is -0.587. The molecule has 220 valence electrons. The largest absolute Gasteiger partial charge is 0.493 e. The molecule has 1 aliphatic heterocycles. The van der Waals surface area contributed by atoms with E-state index in [-0.39, 0.29) is 23.1 Å². The third-order valence-electron chi connectivity index (χ3n) is 6.30. The molecule has 4 rings (SSSR count). The number of aryl methyl sites for hydroxylation is 1. The highest BCUT2D eigenvalue weighted by molar-refractivity contribution is 7.80. The second-order valence-electron chi connectivity index (χ2n) is 9.31. The lowest BCUT2D eigenvalue weighted by Gasteiger charge is -2.30.